The number of anilines is 2. The highest BCUT2D eigenvalue weighted by Crippen LogP contribution is 2.32. The van der Waals surface area contributed by atoms with Crippen molar-refractivity contribution in [3.63, 3.8) is 0 Å². The summed E-state index contributed by atoms with van der Waals surface area (Å²) in [6.45, 7) is 4.03. The maximum absolute atomic E-state index is 12.0. The molecule has 0 atom stereocenters. The molecular formula is C16H15Cl3N2O. The number of carbonyl (C=O) groups excluding carboxylic acids is 1. The molecular weight excluding hydrogens is 343 g/mol. The predicted molar refractivity (Wildman–Crippen MR) is 94.5 cm³/mol. The minimum Gasteiger partial charge on any atom is -0.375 e. The number of amides is 1. The summed E-state index contributed by atoms with van der Waals surface area (Å²) in [5.74, 6) is -0.172. The molecule has 0 heterocycles. The van der Waals surface area contributed by atoms with E-state index in [4.69, 9.17) is 34.8 Å². The van der Waals surface area contributed by atoms with Crippen molar-refractivity contribution < 1.29 is 4.79 Å². The molecule has 2 aromatic carbocycles. The number of hydrogen-bond donors (Lipinski definition) is 2. The molecule has 3 nitrogen and oxygen atoms in total. The highest BCUT2D eigenvalue weighted by Gasteiger charge is 2.09. The van der Waals surface area contributed by atoms with E-state index in [0.29, 0.717) is 20.8 Å². The summed E-state index contributed by atoms with van der Waals surface area (Å²) < 4.78 is 0. The average molecular weight is 358 g/mol. The van der Waals surface area contributed by atoms with Gasteiger partial charge in [0.25, 0.3) is 0 Å². The fraction of sp³-hybridized carbons (Fsp3) is 0.188. The van der Waals surface area contributed by atoms with Crippen LogP contribution in [-0.4, -0.2) is 12.5 Å². The van der Waals surface area contributed by atoms with Crippen LogP contribution in [-0.2, 0) is 4.79 Å². The van der Waals surface area contributed by atoms with Crippen LogP contribution in [0.4, 0.5) is 11.4 Å². The summed E-state index contributed by atoms with van der Waals surface area (Å²) in [5, 5.41) is 6.96. The minimum absolute atomic E-state index is 0.0744. The van der Waals surface area contributed by atoms with Crippen molar-refractivity contribution in [2.45, 2.75) is 13.8 Å². The summed E-state index contributed by atoms with van der Waals surface area (Å²) >= 11 is 17.8. The van der Waals surface area contributed by atoms with E-state index in [1.807, 2.05) is 32.0 Å². The van der Waals surface area contributed by atoms with E-state index in [-0.39, 0.29) is 12.5 Å². The van der Waals surface area contributed by atoms with E-state index in [1.54, 1.807) is 6.07 Å². The largest absolute Gasteiger partial charge is 0.375 e. The molecule has 6 heteroatoms. The Morgan fingerprint density at radius 1 is 0.955 bits per heavy atom. The van der Waals surface area contributed by atoms with Crippen LogP contribution in [0.2, 0.25) is 15.1 Å². The van der Waals surface area contributed by atoms with E-state index in [1.165, 1.54) is 6.07 Å². The molecule has 1 amide bonds. The first kappa shape index (κ1) is 16.9. The van der Waals surface area contributed by atoms with Crippen molar-refractivity contribution in [2.75, 3.05) is 17.2 Å². The van der Waals surface area contributed by atoms with Gasteiger partial charge < -0.3 is 10.6 Å². The molecule has 0 aliphatic heterocycles. The van der Waals surface area contributed by atoms with Crippen molar-refractivity contribution in [3.05, 3.63) is 56.5 Å². The maximum Gasteiger partial charge on any atom is 0.243 e. The Bertz CT molecular complexity index is 717. The normalized spacial score (nSPS) is 10.4. The van der Waals surface area contributed by atoms with Gasteiger partial charge >= 0.3 is 0 Å². The lowest BCUT2D eigenvalue weighted by Gasteiger charge is -2.12. The topological polar surface area (TPSA) is 41.1 Å². The Kier molecular flexibility index (Phi) is 5.57. The zero-order valence-corrected chi connectivity index (χ0v) is 14.4. The van der Waals surface area contributed by atoms with Gasteiger partial charge in [0.1, 0.15) is 0 Å². The van der Waals surface area contributed by atoms with E-state index in [2.05, 4.69) is 10.6 Å². The number of halogens is 3. The lowest BCUT2D eigenvalue weighted by Crippen LogP contribution is -2.22. The molecule has 0 saturated carbocycles. The number of carbonyl (C=O) groups is 1. The lowest BCUT2D eigenvalue weighted by molar-refractivity contribution is -0.114. The van der Waals surface area contributed by atoms with E-state index in [0.717, 1.165) is 16.8 Å². The Balaban J connectivity index is 2.00. The molecule has 0 fully saturated rings. The van der Waals surface area contributed by atoms with Crippen LogP contribution in [0.15, 0.2) is 30.3 Å². The standard InChI is InChI=1S/C16H15Cl3N2O/c1-9-3-4-14(10(2)5-9)21-16(22)8-20-15-7-12(18)11(17)6-13(15)19/h3-7,20H,8H2,1-2H3,(H,21,22). The van der Waals surface area contributed by atoms with Crippen molar-refractivity contribution in [3.8, 4) is 0 Å². The fourth-order valence-corrected chi connectivity index (χ4v) is 2.60. The lowest BCUT2D eigenvalue weighted by atomic mass is 10.1. The highest BCUT2D eigenvalue weighted by atomic mass is 35.5. The minimum atomic E-state index is -0.172. The van der Waals surface area contributed by atoms with Gasteiger partial charge in [-0.2, -0.15) is 0 Å². The summed E-state index contributed by atoms with van der Waals surface area (Å²) in [7, 11) is 0. The van der Waals surface area contributed by atoms with Crippen LogP contribution in [0.1, 0.15) is 11.1 Å². The SMILES string of the molecule is Cc1ccc(NC(=O)CNc2cc(Cl)c(Cl)cc2Cl)c(C)c1. The first-order chi connectivity index (χ1) is 10.4. The number of rotatable bonds is 4. The predicted octanol–water partition coefficient (Wildman–Crippen LogP) is 5.31. The summed E-state index contributed by atoms with van der Waals surface area (Å²) in [4.78, 5) is 12.0. The van der Waals surface area contributed by atoms with Gasteiger partial charge in [0, 0.05) is 5.69 Å². The number of aryl methyl sites for hydroxylation is 2. The molecule has 2 aromatic rings. The Morgan fingerprint density at radius 2 is 1.64 bits per heavy atom. The molecule has 0 aliphatic rings. The molecule has 0 bridgehead atoms. The third-order valence-corrected chi connectivity index (χ3v) is 4.14. The monoisotopic (exact) mass is 356 g/mol. The van der Waals surface area contributed by atoms with Crippen LogP contribution < -0.4 is 10.6 Å². The fourth-order valence-electron chi connectivity index (χ4n) is 1.98. The number of hydrogen-bond acceptors (Lipinski definition) is 2. The van der Waals surface area contributed by atoms with Crippen LogP contribution in [0.5, 0.6) is 0 Å². The van der Waals surface area contributed by atoms with E-state index < -0.39 is 0 Å². The van der Waals surface area contributed by atoms with Gasteiger partial charge in [-0.05, 0) is 37.6 Å². The average Bonchev–Trinajstić information content (AvgIpc) is 2.44. The van der Waals surface area contributed by atoms with Crippen molar-refractivity contribution in [1.29, 1.82) is 0 Å². The first-order valence-corrected chi connectivity index (χ1v) is 7.75. The van der Waals surface area contributed by atoms with Crippen LogP contribution in [0, 0.1) is 13.8 Å². The van der Waals surface area contributed by atoms with Crippen LogP contribution in [0.3, 0.4) is 0 Å². The highest BCUT2D eigenvalue weighted by molar-refractivity contribution is 6.44. The third kappa shape index (κ3) is 4.29. The second-order valence-corrected chi connectivity index (χ2v) is 6.19. The van der Waals surface area contributed by atoms with Crippen LogP contribution in [0.25, 0.3) is 0 Å². The zero-order valence-electron chi connectivity index (χ0n) is 12.1. The molecule has 0 spiro atoms. The van der Waals surface area contributed by atoms with Gasteiger partial charge in [-0.15, -0.1) is 0 Å². The first-order valence-electron chi connectivity index (χ1n) is 6.62. The zero-order chi connectivity index (χ0) is 16.3. The summed E-state index contributed by atoms with van der Waals surface area (Å²) in [6.07, 6.45) is 0. The van der Waals surface area contributed by atoms with Gasteiger partial charge in [-0.3, -0.25) is 4.79 Å². The van der Waals surface area contributed by atoms with Gasteiger partial charge in [-0.1, -0.05) is 52.5 Å². The summed E-state index contributed by atoms with van der Waals surface area (Å²) in [6, 6.07) is 8.98. The molecule has 0 aliphatic carbocycles. The van der Waals surface area contributed by atoms with Crippen molar-refractivity contribution in [1.82, 2.24) is 0 Å². The van der Waals surface area contributed by atoms with Gasteiger partial charge in [0.05, 0.1) is 27.3 Å². The second-order valence-electron chi connectivity index (χ2n) is 4.97. The van der Waals surface area contributed by atoms with Crippen molar-refractivity contribution >= 4 is 52.1 Å². The van der Waals surface area contributed by atoms with E-state index >= 15 is 0 Å². The van der Waals surface area contributed by atoms with Gasteiger partial charge in [0.15, 0.2) is 0 Å². The molecule has 2 N–H and O–H groups in total. The Hall–Kier alpha value is -1.42. The molecule has 0 unspecified atom stereocenters. The van der Waals surface area contributed by atoms with Crippen LogP contribution >= 0.6 is 34.8 Å². The molecule has 2 rings (SSSR count). The Labute approximate surface area is 144 Å². The smallest absolute Gasteiger partial charge is 0.243 e. The summed E-state index contributed by atoms with van der Waals surface area (Å²) in [5.41, 5.74) is 3.52. The molecule has 0 saturated heterocycles. The molecule has 22 heavy (non-hydrogen) atoms. The number of benzene rings is 2. The van der Waals surface area contributed by atoms with Crippen molar-refractivity contribution in [2.24, 2.45) is 0 Å². The molecule has 0 aromatic heterocycles. The molecule has 0 radical (unpaired) electrons. The quantitative estimate of drug-likeness (QED) is 0.728. The molecule has 116 valence electrons. The van der Waals surface area contributed by atoms with Gasteiger partial charge in [0.2, 0.25) is 5.91 Å². The third-order valence-electron chi connectivity index (χ3n) is 3.11. The van der Waals surface area contributed by atoms with E-state index in [9.17, 15) is 4.79 Å². The number of nitrogens with one attached hydrogen (secondary N) is 2. The van der Waals surface area contributed by atoms with Gasteiger partial charge in [-0.25, -0.2) is 0 Å². The second kappa shape index (κ2) is 7.23. The maximum atomic E-state index is 12.0. The Morgan fingerprint density at radius 3 is 2.32 bits per heavy atom.